The second-order valence-corrected chi connectivity index (χ2v) is 7.69. The van der Waals surface area contributed by atoms with Gasteiger partial charge in [-0.25, -0.2) is 5.43 Å². The molecule has 0 saturated carbocycles. The molecule has 1 heterocycles. The number of rotatable bonds is 9. The second kappa shape index (κ2) is 11.9. The van der Waals surface area contributed by atoms with Crippen LogP contribution in [0.2, 0.25) is 0 Å². The molecule has 1 fully saturated rings. The number of hydrazone groups is 1. The standard InChI is InChI=1S/C24H30N4O3/c1-19(21-8-4-2-5-9-21)26-24(30)18-31-22-12-10-20(11-13-22)16-25-27-23(29)17-28-14-6-3-7-15-28/h2,4-5,8-13,16,19H,3,6-7,14-15,17-18H2,1H3,(H,26,30)(H,27,29). The number of benzene rings is 2. The van der Waals surface area contributed by atoms with Crippen LogP contribution in [0.3, 0.4) is 0 Å². The average molecular weight is 423 g/mol. The summed E-state index contributed by atoms with van der Waals surface area (Å²) < 4.78 is 5.56. The summed E-state index contributed by atoms with van der Waals surface area (Å²) >= 11 is 0. The van der Waals surface area contributed by atoms with E-state index < -0.39 is 0 Å². The lowest BCUT2D eigenvalue weighted by Crippen LogP contribution is -2.38. The molecule has 0 aliphatic carbocycles. The first-order chi connectivity index (χ1) is 15.1. The number of nitrogens with zero attached hydrogens (tertiary/aromatic N) is 2. The first-order valence-corrected chi connectivity index (χ1v) is 10.7. The lowest BCUT2D eigenvalue weighted by atomic mass is 10.1. The van der Waals surface area contributed by atoms with Gasteiger partial charge in [-0.15, -0.1) is 0 Å². The van der Waals surface area contributed by atoms with E-state index in [4.69, 9.17) is 4.74 Å². The van der Waals surface area contributed by atoms with Crippen molar-refractivity contribution in [3.8, 4) is 5.75 Å². The first-order valence-electron chi connectivity index (χ1n) is 10.7. The van der Waals surface area contributed by atoms with Gasteiger partial charge >= 0.3 is 0 Å². The third-order valence-corrected chi connectivity index (χ3v) is 5.15. The summed E-state index contributed by atoms with van der Waals surface area (Å²) in [5.74, 6) is 0.307. The maximum Gasteiger partial charge on any atom is 0.258 e. The third kappa shape index (κ3) is 7.86. The minimum atomic E-state index is -0.182. The molecule has 1 saturated heterocycles. The topological polar surface area (TPSA) is 83.0 Å². The van der Waals surface area contributed by atoms with E-state index in [-0.39, 0.29) is 24.5 Å². The minimum absolute atomic E-state index is 0.0584. The van der Waals surface area contributed by atoms with Crippen molar-refractivity contribution < 1.29 is 14.3 Å². The molecule has 7 nitrogen and oxygen atoms in total. The van der Waals surface area contributed by atoms with Crippen LogP contribution in [-0.2, 0) is 9.59 Å². The van der Waals surface area contributed by atoms with Crippen molar-refractivity contribution in [3.05, 3.63) is 65.7 Å². The maximum absolute atomic E-state index is 12.1. The Labute approximate surface area is 183 Å². The number of hydrogen-bond donors (Lipinski definition) is 2. The van der Waals surface area contributed by atoms with Crippen LogP contribution in [0, 0.1) is 0 Å². The quantitative estimate of drug-likeness (QED) is 0.481. The molecule has 2 amide bonds. The van der Waals surface area contributed by atoms with E-state index in [1.54, 1.807) is 18.3 Å². The number of ether oxygens (including phenoxy) is 1. The fourth-order valence-electron chi connectivity index (χ4n) is 3.44. The summed E-state index contributed by atoms with van der Waals surface area (Å²) in [7, 11) is 0. The highest BCUT2D eigenvalue weighted by Gasteiger charge is 2.13. The van der Waals surface area contributed by atoms with Crippen molar-refractivity contribution in [3.63, 3.8) is 0 Å². The first kappa shape index (κ1) is 22.5. The predicted octanol–water partition coefficient (Wildman–Crippen LogP) is 2.88. The van der Waals surface area contributed by atoms with Gasteiger partial charge in [0.25, 0.3) is 11.8 Å². The van der Waals surface area contributed by atoms with Crippen molar-refractivity contribution in [2.24, 2.45) is 5.10 Å². The molecule has 2 aromatic carbocycles. The van der Waals surface area contributed by atoms with Gasteiger partial charge in [-0.2, -0.15) is 5.10 Å². The van der Waals surface area contributed by atoms with E-state index in [9.17, 15) is 9.59 Å². The largest absolute Gasteiger partial charge is 0.484 e. The summed E-state index contributed by atoms with van der Waals surface area (Å²) in [6.07, 6.45) is 5.14. The Morgan fingerprint density at radius 1 is 1.03 bits per heavy atom. The molecule has 7 heteroatoms. The highest BCUT2D eigenvalue weighted by Crippen LogP contribution is 2.13. The molecule has 0 bridgehead atoms. The van der Waals surface area contributed by atoms with Crippen molar-refractivity contribution in [1.82, 2.24) is 15.6 Å². The molecule has 0 aromatic heterocycles. The Balaban J connectivity index is 1.37. The Kier molecular flexibility index (Phi) is 8.60. The molecule has 1 aliphatic rings. The second-order valence-electron chi connectivity index (χ2n) is 7.69. The van der Waals surface area contributed by atoms with Crippen LogP contribution < -0.4 is 15.5 Å². The summed E-state index contributed by atoms with van der Waals surface area (Å²) in [4.78, 5) is 26.2. The number of piperidine rings is 1. The minimum Gasteiger partial charge on any atom is -0.484 e. The summed E-state index contributed by atoms with van der Waals surface area (Å²) in [6.45, 7) is 4.21. The molecule has 3 rings (SSSR count). The number of likely N-dealkylation sites (tertiary alicyclic amines) is 1. The van der Waals surface area contributed by atoms with Crippen molar-refractivity contribution >= 4 is 18.0 Å². The van der Waals surface area contributed by atoms with E-state index in [1.807, 2.05) is 49.4 Å². The van der Waals surface area contributed by atoms with Gasteiger partial charge in [0.05, 0.1) is 18.8 Å². The molecule has 1 unspecified atom stereocenters. The lowest BCUT2D eigenvalue weighted by molar-refractivity contribution is -0.124. The maximum atomic E-state index is 12.1. The zero-order valence-electron chi connectivity index (χ0n) is 17.9. The summed E-state index contributed by atoms with van der Waals surface area (Å²) in [5, 5.41) is 6.93. The van der Waals surface area contributed by atoms with Gasteiger partial charge in [-0.05, 0) is 68.2 Å². The monoisotopic (exact) mass is 422 g/mol. The Hall–Kier alpha value is -3.19. The van der Waals surface area contributed by atoms with Crippen LogP contribution in [0.25, 0.3) is 0 Å². The zero-order chi connectivity index (χ0) is 21.9. The van der Waals surface area contributed by atoms with E-state index in [0.29, 0.717) is 12.3 Å². The van der Waals surface area contributed by atoms with Crippen molar-refractivity contribution in [2.45, 2.75) is 32.2 Å². The summed E-state index contributed by atoms with van der Waals surface area (Å²) in [5.41, 5.74) is 4.44. The molecule has 1 aliphatic heterocycles. The van der Waals surface area contributed by atoms with Gasteiger partial charge in [-0.3, -0.25) is 14.5 Å². The van der Waals surface area contributed by atoms with Crippen molar-refractivity contribution in [1.29, 1.82) is 0 Å². The molecule has 2 N–H and O–H groups in total. The Morgan fingerprint density at radius 2 is 1.74 bits per heavy atom. The normalized spacial score (nSPS) is 15.4. The average Bonchev–Trinajstić information content (AvgIpc) is 2.80. The van der Waals surface area contributed by atoms with Gasteiger partial charge in [0.1, 0.15) is 5.75 Å². The number of carbonyl (C=O) groups is 2. The van der Waals surface area contributed by atoms with Crippen LogP contribution in [0.1, 0.15) is 43.4 Å². The van der Waals surface area contributed by atoms with Crippen LogP contribution >= 0.6 is 0 Å². The SMILES string of the molecule is CC(NC(=O)COc1ccc(C=NNC(=O)CN2CCCCC2)cc1)c1ccccc1. The predicted molar refractivity (Wildman–Crippen MR) is 121 cm³/mol. The number of hydrogen-bond acceptors (Lipinski definition) is 5. The zero-order valence-corrected chi connectivity index (χ0v) is 17.9. The van der Waals surface area contributed by atoms with E-state index in [1.165, 1.54) is 6.42 Å². The van der Waals surface area contributed by atoms with Gasteiger partial charge in [0.2, 0.25) is 0 Å². The van der Waals surface area contributed by atoms with E-state index in [2.05, 4.69) is 20.7 Å². The van der Waals surface area contributed by atoms with Crippen molar-refractivity contribution in [2.75, 3.05) is 26.2 Å². The number of amides is 2. The van der Waals surface area contributed by atoms with E-state index in [0.717, 1.165) is 37.1 Å². The van der Waals surface area contributed by atoms with Gasteiger partial charge in [0.15, 0.2) is 6.61 Å². The van der Waals surface area contributed by atoms with Gasteiger partial charge in [0, 0.05) is 0 Å². The molecular formula is C24H30N4O3. The molecule has 2 aromatic rings. The van der Waals surface area contributed by atoms with Crippen LogP contribution in [-0.4, -0.2) is 49.2 Å². The smallest absolute Gasteiger partial charge is 0.258 e. The lowest BCUT2D eigenvalue weighted by Gasteiger charge is -2.25. The fraction of sp³-hybridized carbons (Fsp3) is 0.375. The number of carbonyl (C=O) groups excluding carboxylic acids is 2. The van der Waals surface area contributed by atoms with Gasteiger partial charge < -0.3 is 10.1 Å². The van der Waals surface area contributed by atoms with Gasteiger partial charge in [-0.1, -0.05) is 36.8 Å². The highest BCUT2D eigenvalue weighted by molar-refractivity contribution is 5.83. The third-order valence-electron chi connectivity index (χ3n) is 5.15. The molecule has 164 valence electrons. The molecule has 1 atom stereocenters. The molecule has 0 spiro atoms. The Morgan fingerprint density at radius 3 is 2.45 bits per heavy atom. The summed E-state index contributed by atoms with van der Waals surface area (Å²) in [6, 6.07) is 16.9. The highest BCUT2D eigenvalue weighted by atomic mass is 16.5. The van der Waals surface area contributed by atoms with Crippen LogP contribution in [0.4, 0.5) is 0 Å². The molecular weight excluding hydrogens is 392 g/mol. The van der Waals surface area contributed by atoms with Crippen LogP contribution in [0.15, 0.2) is 59.7 Å². The fourth-order valence-corrected chi connectivity index (χ4v) is 3.44. The van der Waals surface area contributed by atoms with Crippen LogP contribution in [0.5, 0.6) is 5.75 Å². The Bertz CT molecular complexity index is 862. The molecule has 31 heavy (non-hydrogen) atoms. The number of nitrogens with one attached hydrogen (secondary N) is 2. The van der Waals surface area contributed by atoms with E-state index >= 15 is 0 Å². The molecule has 0 radical (unpaired) electrons.